The highest BCUT2D eigenvalue weighted by atomic mass is 16.1. The van der Waals surface area contributed by atoms with Gasteiger partial charge in [-0.2, -0.15) is 5.10 Å². The summed E-state index contributed by atoms with van der Waals surface area (Å²) >= 11 is 0. The van der Waals surface area contributed by atoms with Crippen molar-refractivity contribution >= 4 is 5.91 Å². The third-order valence-electron chi connectivity index (χ3n) is 3.40. The average Bonchev–Trinajstić information content (AvgIpc) is 2.77. The van der Waals surface area contributed by atoms with E-state index < -0.39 is 0 Å². The number of terminal acetylenes is 1. The van der Waals surface area contributed by atoms with Crippen molar-refractivity contribution in [1.82, 2.24) is 15.1 Å². The van der Waals surface area contributed by atoms with E-state index in [2.05, 4.69) is 49.2 Å². The minimum absolute atomic E-state index is 0.202. The molecule has 2 rings (SSSR count). The van der Waals surface area contributed by atoms with Gasteiger partial charge in [0, 0.05) is 12.6 Å². The van der Waals surface area contributed by atoms with Crippen molar-refractivity contribution in [2.45, 2.75) is 20.8 Å². The maximum absolute atomic E-state index is 11.9. The van der Waals surface area contributed by atoms with Crippen LogP contribution in [-0.4, -0.2) is 22.2 Å². The summed E-state index contributed by atoms with van der Waals surface area (Å²) < 4.78 is 1.73. The molecular weight excluding hydrogens is 262 g/mol. The lowest BCUT2D eigenvalue weighted by molar-refractivity contribution is 0.0953. The summed E-state index contributed by atoms with van der Waals surface area (Å²) in [6, 6.07) is 6.07. The number of rotatable bonds is 3. The number of benzene rings is 1. The largest absolute Gasteiger partial charge is 0.340 e. The van der Waals surface area contributed by atoms with Crippen molar-refractivity contribution in [3.8, 4) is 23.6 Å². The summed E-state index contributed by atoms with van der Waals surface area (Å²) in [5, 5.41) is 6.91. The third kappa shape index (κ3) is 2.97. The van der Waals surface area contributed by atoms with Gasteiger partial charge in [-0.3, -0.25) is 9.48 Å². The van der Waals surface area contributed by atoms with Gasteiger partial charge in [-0.25, -0.2) is 0 Å². The summed E-state index contributed by atoms with van der Waals surface area (Å²) in [6.07, 6.45) is 5.14. The van der Waals surface area contributed by atoms with E-state index in [-0.39, 0.29) is 12.5 Å². The van der Waals surface area contributed by atoms with Gasteiger partial charge in [0.15, 0.2) is 5.69 Å². The van der Waals surface area contributed by atoms with Crippen molar-refractivity contribution in [3.05, 3.63) is 40.6 Å². The van der Waals surface area contributed by atoms with Gasteiger partial charge in [-0.05, 0) is 38.0 Å². The third-order valence-corrected chi connectivity index (χ3v) is 3.40. The van der Waals surface area contributed by atoms with E-state index in [4.69, 9.17) is 6.42 Å². The van der Waals surface area contributed by atoms with Crippen LogP contribution in [-0.2, 0) is 7.05 Å². The molecule has 0 aliphatic carbocycles. The standard InChI is InChI=1S/C17H19N3O/c1-6-7-18-17(21)14-10-15(20(5)19-14)16-12(3)8-11(2)9-13(16)4/h1,8-10H,7H2,2-5H3,(H,18,21). The molecule has 1 N–H and O–H groups in total. The molecule has 1 aromatic heterocycles. The fourth-order valence-corrected chi connectivity index (χ4v) is 2.62. The van der Waals surface area contributed by atoms with Crippen molar-refractivity contribution in [3.63, 3.8) is 0 Å². The first-order valence-electron chi connectivity index (χ1n) is 6.78. The first kappa shape index (κ1) is 14.9. The number of aromatic nitrogens is 2. The maximum atomic E-state index is 11.9. The second-order valence-electron chi connectivity index (χ2n) is 5.20. The van der Waals surface area contributed by atoms with Gasteiger partial charge >= 0.3 is 0 Å². The Balaban J connectivity index is 2.45. The van der Waals surface area contributed by atoms with Crippen molar-refractivity contribution in [2.24, 2.45) is 7.05 Å². The molecule has 0 saturated heterocycles. The smallest absolute Gasteiger partial charge is 0.272 e. The molecule has 1 heterocycles. The monoisotopic (exact) mass is 281 g/mol. The molecule has 0 radical (unpaired) electrons. The fourth-order valence-electron chi connectivity index (χ4n) is 2.62. The molecule has 0 atom stereocenters. The van der Waals surface area contributed by atoms with Crippen LogP contribution in [0.2, 0.25) is 0 Å². The van der Waals surface area contributed by atoms with Gasteiger partial charge in [-0.15, -0.1) is 6.42 Å². The van der Waals surface area contributed by atoms with E-state index in [1.54, 1.807) is 10.7 Å². The molecule has 1 amide bonds. The fraction of sp³-hybridized carbons (Fsp3) is 0.294. The molecule has 1 aromatic carbocycles. The number of nitrogens with zero attached hydrogens (tertiary/aromatic N) is 2. The Labute approximate surface area is 125 Å². The Morgan fingerprint density at radius 3 is 2.48 bits per heavy atom. The average molecular weight is 281 g/mol. The second-order valence-corrected chi connectivity index (χ2v) is 5.20. The highest BCUT2D eigenvalue weighted by molar-refractivity contribution is 5.93. The van der Waals surface area contributed by atoms with Crippen LogP contribution in [0.25, 0.3) is 11.3 Å². The second kappa shape index (κ2) is 5.84. The molecule has 0 fully saturated rings. The summed E-state index contributed by atoms with van der Waals surface area (Å²) in [5.41, 5.74) is 5.99. The number of aryl methyl sites for hydroxylation is 4. The summed E-state index contributed by atoms with van der Waals surface area (Å²) in [4.78, 5) is 11.9. The molecule has 108 valence electrons. The normalized spacial score (nSPS) is 10.2. The van der Waals surface area contributed by atoms with E-state index in [0.29, 0.717) is 5.69 Å². The molecule has 4 nitrogen and oxygen atoms in total. The Hall–Kier alpha value is -2.54. The Kier molecular flexibility index (Phi) is 4.13. The molecule has 0 spiro atoms. The van der Waals surface area contributed by atoms with Crippen LogP contribution in [0.4, 0.5) is 0 Å². The molecular formula is C17H19N3O. The van der Waals surface area contributed by atoms with Crippen molar-refractivity contribution in [1.29, 1.82) is 0 Å². The lowest BCUT2D eigenvalue weighted by atomic mass is 9.97. The predicted octanol–water partition coefficient (Wildman–Crippen LogP) is 2.38. The number of nitrogens with one attached hydrogen (secondary N) is 1. The first-order valence-corrected chi connectivity index (χ1v) is 6.78. The molecule has 0 aliphatic rings. The Morgan fingerprint density at radius 1 is 1.29 bits per heavy atom. The molecule has 2 aromatic rings. The Bertz CT molecular complexity index is 712. The molecule has 4 heteroatoms. The predicted molar refractivity (Wildman–Crippen MR) is 84.0 cm³/mol. The maximum Gasteiger partial charge on any atom is 0.272 e. The molecule has 0 unspecified atom stereocenters. The van der Waals surface area contributed by atoms with E-state index in [9.17, 15) is 4.79 Å². The van der Waals surface area contributed by atoms with Crippen LogP contribution in [0.5, 0.6) is 0 Å². The van der Waals surface area contributed by atoms with E-state index in [1.165, 1.54) is 16.7 Å². The lowest BCUT2D eigenvalue weighted by Gasteiger charge is -2.11. The number of carbonyl (C=O) groups is 1. The Morgan fingerprint density at radius 2 is 1.90 bits per heavy atom. The molecule has 0 saturated carbocycles. The van der Waals surface area contributed by atoms with Crippen LogP contribution in [0, 0.1) is 33.1 Å². The molecule has 21 heavy (non-hydrogen) atoms. The molecule has 0 bridgehead atoms. The van der Waals surface area contributed by atoms with Gasteiger partial charge in [0.2, 0.25) is 0 Å². The SMILES string of the molecule is C#CCNC(=O)c1cc(-c2c(C)cc(C)cc2C)n(C)n1. The topological polar surface area (TPSA) is 46.9 Å². The number of hydrogen-bond acceptors (Lipinski definition) is 2. The van der Waals surface area contributed by atoms with Gasteiger partial charge in [0.05, 0.1) is 12.2 Å². The summed E-state index contributed by atoms with van der Waals surface area (Å²) in [7, 11) is 1.84. The highest BCUT2D eigenvalue weighted by Crippen LogP contribution is 2.28. The van der Waals surface area contributed by atoms with Gasteiger partial charge in [0.25, 0.3) is 5.91 Å². The van der Waals surface area contributed by atoms with Crippen LogP contribution in [0.15, 0.2) is 18.2 Å². The number of amides is 1. The van der Waals surface area contributed by atoms with E-state index in [1.807, 2.05) is 7.05 Å². The zero-order chi connectivity index (χ0) is 15.6. The van der Waals surface area contributed by atoms with Crippen LogP contribution < -0.4 is 5.32 Å². The zero-order valence-electron chi connectivity index (χ0n) is 12.8. The highest BCUT2D eigenvalue weighted by Gasteiger charge is 2.16. The van der Waals surface area contributed by atoms with Crippen LogP contribution in [0.3, 0.4) is 0 Å². The van der Waals surface area contributed by atoms with Gasteiger partial charge in [-0.1, -0.05) is 23.6 Å². The zero-order valence-corrected chi connectivity index (χ0v) is 12.8. The van der Waals surface area contributed by atoms with E-state index >= 15 is 0 Å². The van der Waals surface area contributed by atoms with Crippen LogP contribution >= 0.6 is 0 Å². The van der Waals surface area contributed by atoms with E-state index in [0.717, 1.165) is 11.3 Å². The van der Waals surface area contributed by atoms with Crippen molar-refractivity contribution < 1.29 is 4.79 Å². The summed E-state index contributed by atoms with van der Waals surface area (Å²) in [5.74, 6) is 2.13. The van der Waals surface area contributed by atoms with Crippen molar-refractivity contribution in [2.75, 3.05) is 6.54 Å². The quantitative estimate of drug-likeness (QED) is 0.878. The van der Waals surface area contributed by atoms with Gasteiger partial charge in [0.1, 0.15) is 0 Å². The van der Waals surface area contributed by atoms with Gasteiger partial charge < -0.3 is 5.32 Å². The van der Waals surface area contributed by atoms with Crippen LogP contribution in [0.1, 0.15) is 27.2 Å². The number of hydrogen-bond donors (Lipinski definition) is 1. The summed E-state index contributed by atoms with van der Waals surface area (Å²) in [6.45, 7) is 6.42. The lowest BCUT2D eigenvalue weighted by Crippen LogP contribution is -2.24. The first-order chi connectivity index (χ1) is 9.93. The molecule has 0 aliphatic heterocycles. The minimum atomic E-state index is -0.253. The minimum Gasteiger partial charge on any atom is -0.340 e. The number of carbonyl (C=O) groups excluding carboxylic acids is 1.